The van der Waals surface area contributed by atoms with Crippen LogP contribution in [0.2, 0.25) is 0 Å². The predicted molar refractivity (Wildman–Crippen MR) is 120 cm³/mol. The average molecular weight is 440 g/mol. The molecule has 170 valence electrons. The van der Waals surface area contributed by atoms with Gasteiger partial charge in [-0.25, -0.2) is 4.79 Å². The van der Waals surface area contributed by atoms with Crippen LogP contribution < -0.4 is 10.6 Å². The van der Waals surface area contributed by atoms with Gasteiger partial charge in [-0.2, -0.15) is 0 Å². The molecule has 32 heavy (non-hydrogen) atoms. The molecule has 8 heteroatoms. The number of carbonyl (C=O) groups is 4. The number of aryl methyl sites for hydroxylation is 1. The van der Waals surface area contributed by atoms with Crippen LogP contribution in [-0.4, -0.2) is 37.0 Å². The molecule has 2 aromatic carbocycles. The van der Waals surface area contributed by atoms with Gasteiger partial charge in [0.25, 0.3) is 5.91 Å². The summed E-state index contributed by atoms with van der Waals surface area (Å²) >= 11 is 0. The quantitative estimate of drug-likeness (QED) is 0.406. The van der Waals surface area contributed by atoms with Gasteiger partial charge in [0.15, 0.2) is 6.61 Å². The van der Waals surface area contributed by atoms with Crippen molar-refractivity contribution in [1.82, 2.24) is 0 Å². The third-order valence-electron chi connectivity index (χ3n) is 4.37. The first-order valence-corrected chi connectivity index (χ1v) is 10.5. The number of amides is 2. The normalized spacial score (nSPS) is 10.2. The van der Waals surface area contributed by atoms with Crippen LogP contribution >= 0.6 is 0 Å². The lowest BCUT2D eigenvalue weighted by Gasteiger charge is -2.08. The van der Waals surface area contributed by atoms with E-state index >= 15 is 0 Å². The molecule has 0 atom stereocenters. The van der Waals surface area contributed by atoms with Crippen molar-refractivity contribution >= 4 is 35.1 Å². The van der Waals surface area contributed by atoms with Gasteiger partial charge in [-0.15, -0.1) is 0 Å². The Morgan fingerprint density at radius 2 is 1.56 bits per heavy atom. The van der Waals surface area contributed by atoms with E-state index < -0.39 is 30.4 Å². The van der Waals surface area contributed by atoms with Crippen molar-refractivity contribution in [3.8, 4) is 0 Å². The molecule has 0 aromatic heterocycles. The number of hydrogen-bond donors (Lipinski definition) is 2. The van der Waals surface area contributed by atoms with Crippen molar-refractivity contribution in [3.63, 3.8) is 0 Å². The lowest BCUT2D eigenvalue weighted by Crippen LogP contribution is -2.21. The Morgan fingerprint density at radius 3 is 2.28 bits per heavy atom. The van der Waals surface area contributed by atoms with Crippen LogP contribution in [0.5, 0.6) is 0 Å². The summed E-state index contributed by atoms with van der Waals surface area (Å²) in [5.74, 6) is -1.99. The first-order valence-electron chi connectivity index (χ1n) is 10.5. The number of carbonyl (C=O) groups excluding carboxylic acids is 4. The van der Waals surface area contributed by atoms with Crippen LogP contribution in [0.1, 0.15) is 48.5 Å². The lowest BCUT2D eigenvalue weighted by molar-refractivity contribution is -0.147. The smallest absolute Gasteiger partial charge is 0.338 e. The molecule has 0 aliphatic rings. The Kier molecular flexibility index (Phi) is 9.90. The van der Waals surface area contributed by atoms with Crippen LogP contribution in [0.15, 0.2) is 48.5 Å². The van der Waals surface area contributed by atoms with Crippen molar-refractivity contribution in [2.24, 2.45) is 0 Å². The molecule has 0 heterocycles. The molecule has 8 nitrogen and oxygen atoms in total. The molecule has 0 spiro atoms. The molecule has 0 radical (unpaired) electrons. The number of hydrogen-bond acceptors (Lipinski definition) is 6. The van der Waals surface area contributed by atoms with E-state index in [-0.39, 0.29) is 12.8 Å². The molecule has 0 aliphatic heterocycles. The molecule has 0 saturated heterocycles. The average Bonchev–Trinajstić information content (AvgIpc) is 2.78. The summed E-state index contributed by atoms with van der Waals surface area (Å²) < 4.78 is 10.1. The van der Waals surface area contributed by atoms with Crippen molar-refractivity contribution in [2.45, 2.75) is 39.5 Å². The number of nitrogens with one attached hydrogen (secondary N) is 2. The third kappa shape index (κ3) is 8.99. The van der Waals surface area contributed by atoms with Crippen molar-refractivity contribution in [3.05, 3.63) is 59.7 Å². The number of rotatable bonds is 11. The summed E-state index contributed by atoms with van der Waals surface area (Å²) in [6.07, 6.45) is 1.40. The fourth-order valence-corrected chi connectivity index (χ4v) is 2.61. The fourth-order valence-electron chi connectivity index (χ4n) is 2.61. The predicted octanol–water partition coefficient (Wildman–Crippen LogP) is 3.85. The highest BCUT2D eigenvalue weighted by Crippen LogP contribution is 2.13. The van der Waals surface area contributed by atoms with Gasteiger partial charge in [-0.05, 0) is 43.7 Å². The fraction of sp³-hybridized carbons (Fsp3) is 0.333. The number of esters is 2. The van der Waals surface area contributed by atoms with E-state index in [1.807, 2.05) is 26.0 Å². The maximum atomic E-state index is 12.1. The molecule has 2 N–H and O–H groups in total. The summed E-state index contributed by atoms with van der Waals surface area (Å²) in [5.41, 5.74) is 2.42. The molecular formula is C24H28N2O6. The molecular weight excluding hydrogens is 412 g/mol. The highest BCUT2D eigenvalue weighted by molar-refractivity contribution is 5.96. The van der Waals surface area contributed by atoms with Crippen LogP contribution in [0.4, 0.5) is 11.4 Å². The van der Waals surface area contributed by atoms with Crippen LogP contribution in [0.25, 0.3) is 0 Å². The maximum Gasteiger partial charge on any atom is 0.338 e. The molecule has 0 aliphatic carbocycles. The van der Waals surface area contributed by atoms with Crippen LogP contribution in [-0.2, 0) is 23.9 Å². The van der Waals surface area contributed by atoms with Crippen molar-refractivity contribution < 1.29 is 28.7 Å². The van der Waals surface area contributed by atoms with Crippen molar-refractivity contribution in [2.75, 3.05) is 23.8 Å². The van der Waals surface area contributed by atoms with Gasteiger partial charge in [0.05, 0.1) is 18.6 Å². The third-order valence-corrected chi connectivity index (χ3v) is 4.37. The van der Waals surface area contributed by atoms with Gasteiger partial charge in [0.1, 0.15) is 0 Å². The largest absolute Gasteiger partial charge is 0.462 e. The van der Waals surface area contributed by atoms with Gasteiger partial charge in [0.2, 0.25) is 5.91 Å². The van der Waals surface area contributed by atoms with E-state index in [0.717, 1.165) is 18.4 Å². The van der Waals surface area contributed by atoms with Gasteiger partial charge in [-0.3, -0.25) is 14.4 Å². The second kappa shape index (κ2) is 12.9. The molecule has 0 fully saturated rings. The molecule has 2 aromatic rings. The van der Waals surface area contributed by atoms with Gasteiger partial charge < -0.3 is 20.1 Å². The van der Waals surface area contributed by atoms with Crippen molar-refractivity contribution in [1.29, 1.82) is 0 Å². The first kappa shape index (κ1) is 24.6. The number of unbranched alkanes of at least 4 members (excludes halogenated alkanes) is 1. The van der Waals surface area contributed by atoms with Gasteiger partial charge in [-0.1, -0.05) is 37.1 Å². The zero-order valence-electron chi connectivity index (χ0n) is 18.3. The Bertz CT molecular complexity index is 940. The highest BCUT2D eigenvalue weighted by Gasteiger charge is 2.12. The van der Waals surface area contributed by atoms with Gasteiger partial charge >= 0.3 is 11.9 Å². The zero-order chi connectivity index (χ0) is 23.3. The second-order valence-electron chi connectivity index (χ2n) is 7.19. The molecule has 2 rings (SSSR count). The van der Waals surface area contributed by atoms with E-state index in [4.69, 9.17) is 9.47 Å². The van der Waals surface area contributed by atoms with E-state index in [1.54, 1.807) is 30.3 Å². The lowest BCUT2D eigenvalue weighted by atomic mass is 10.2. The summed E-state index contributed by atoms with van der Waals surface area (Å²) in [6.45, 7) is 3.84. The van der Waals surface area contributed by atoms with E-state index in [2.05, 4.69) is 10.6 Å². The Labute approximate surface area is 187 Å². The number of benzene rings is 2. The Morgan fingerprint density at radius 1 is 0.844 bits per heavy atom. The standard InChI is InChI=1S/C24H28N2O6/c1-3-4-14-31-24(30)18-6-5-7-20(15-18)26-21(27)12-13-23(29)32-16-22(28)25-19-10-8-17(2)9-11-19/h5-11,15H,3-4,12-14,16H2,1-2H3,(H,25,28)(H,26,27). The highest BCUT2D eigenvalue weighted by atomic mass is 16.5. The Balaban J connectivity index is 1.71. The second-order valence-corrected chi connectivity index (χ2v) is 7.19. The molecule has 2 amide bonds. The van der Waals surface area contributed by atoms with E-state index in [0.29, 0.717) is 23.5 Å². The van der Waals surface area contributed by atoms with Crippen LogP contribution in [0.3, 0.4) is 0 Å². The summed E-state index contributed by atoms with van der Waals surface area (Å²) in [7, 11) is 0. The molecule has 0 saturated carbocycles. The maximum absolute atomic E-state index is 12.1. The monoisotopic (exact) mass is 440 g/mol. The summed E-state index contributed by atoms with van der Waals surface area (Å²) in [5, 5.41) is 5.25. The van der Waals surface area contributed by atoms with E-state index in [9.17, 15) is 19.2 Å². The van der Waals surface area contributed by atoms with E-state index in [1.165, 1.54) is 6.07 Å². The number of ether oxygens (including phenoxy) is 2. The summed E-state index contributed by atoms with van der Waals surface area (Å²) in [4.78, 5) is 47.8. The minimum absolute atomic E-state index is 0.121. The molecule has 0 bridgehead atoms. The minimum atomic E-state index is -0.660. The number of anilines is 2. The first-order chi connectivity index (χ1) is 15.4. The molecule has 0 unspecified atom stereocenters. The Hall–Kier alpha value is -3.68. The summed E-state index contributed by atoms with van der Waals surface area (Å²) in [6, 6.07) is 13.6. The zero-order valence-corrected chi connectivity index (χ0v) is 18.3. The SMILES string of the molecule is CCCCOC(=O)c1cccc(NC(=O)CCC(=O)OCC(=O)Nc2ccc(C)cc2)c1. The van der Waals surface area contributed by atoms with Gasteiger partial charge in [0, 0.05) is 17.8 Å². The minimum Gasteiger partial charge on any atom is -0.462 e. The topological polar surface area (TPSA) is 111 Å². The van der Waals surface area contributed by atoms with Crippen LogP contribution in [0, 0.1) is 6.92 Å².